The highest BCUT2D eigenvalue weighted by molar-refractivity contribution is 5.56. The molecular weight excluding hydrogens is 258 g/mol. The lowest BCUT2D eigenvalue weighted by Gasteiger charge is -2.31. The molecule has 2 heterocycles. The van der Waals surface area contributed by atoms with E-state index in [1.54, 1.807) is 0 Å². The van der Waals surface area contributed by atoms with E-state index in [0.29, 0.717) is 6.04 Å². The molecule has 1 N–H and O–H groups in total. The van der Waals surface area contributed by atoms with Gasteiger partial charge in [-0.25, -0.2) is 0 Å². The second-order valence-corrected chi connectivity index (χ2v) is 6.55. The summed E-state index contributed by atoms with van der Waals surface area (Å²) >= 11 is 0. The van der Waals surface area contributed by atoms with Crippen LogP contribution in [0.4, 0.5) is 11.4 Å². The van der Waals surface area contributed by atoms with Gasteiger partial charge in [-0.05, 0) is 69.8 Å². The number of nitrogens with one attached hydrogen (secondary N) is 1. The van der Waals surface area contributed by atoms with Crippen molar-refractivity contribution in [2.45, 2.75) is 45.1 Å². The van der Waals surface area contributed by atoms with Crippen molar-refractivity contribution in [1.29, 1.82) is 0 Å². The first kappa shape index (κ1) is 14.7. The molecule has 0 saturated carbocycles. The van der Waals surface area contributed by atoms with E-state index in [1.165, 1.54) is 63.1 Å². The first-order chi connectivity index (χ1) is 10.3. The van der Waals surface area contributed by atoms with Crippen LogP contribution >= 0.6 is 0 Å². The Hall–Kier alpha value is -1.22. The number of piperidine rings is 1. The van der Waals surface area contributed by atoms with Gasteiger partial charge in [0.1, 0.15) is 0 Å². The van der Waals surface area contributed by atoms with Crippen LogP contribution in [0.3, 0.4) is 0 Å². The summed E-state index contributed by atoms with van der Waals surface area (Å²) in [5.74, 6) is 0. The first-order valence-electron chi connectivity index (χ1n) is 8.66. The zero-order valence-corrected chi connectivity index (χ0v) is 13.4. The summed E-state index contributed by atoms with van der Waals surface area (Å²) in [5.41, 5.74) is 2.80. The number of rotatable bonds is 2. The lowest BCUT2D eigenvalue weighted by molar-refractivity contribution is 0.475. The molecule has 3 rings (SSSR count). The van der Waals surface area contributed by atoms with Crippen LogP contribution in [0.15, 0.2) is 24.3 Å². The largest absolute Gasteiger partial charge is 0.372 e. The predicted octanol–water partition coefficient (Wildman–Crippen LogP) is 3.26. The summed E-state index contributed by atoms with van der Waals surface area (Å²) in [6, 6.07) is 9.93. The van der Waals surface area contributed by atoms with Crippen LogP contribution in [0.1, 0.15) is 39.0 Å². The van der Waals surface area contributed by atoms with Crippen LogP contribution in [-0.2, 0) is 0 Å². The lowest BCUT2D eigenvalue weighted by atomic mass is 10.1. The molecule has 1 unspecified atom stereocenters. The topological polar surface area (TPSA) is 18.5 Å². The van der Waals surface area contributed by atoms with Gasteiger partial charge in [0.05, 0.1) is 0 Å². The molecule has 0 radical (unpaired) electrons. The van der Waals surface area contributed by atoms with Gasteiger partial charge in [-0.2, -0.15) is 0 Å². The average molecular weight is 287 g/mol. The summed E-state index contributed by atoms with van der Waals surface area (Å²) in [4.78, 5) is 5.09. The smallest absolute Gasteiger partial charge is 0.0367 e. The molecule has 1 aromatic carbocycles. The van der Waals surface area contributed by atoms with E-state index in [2.05, 4.69) is 46.3 Å². The molecule has 0 aromatic heterocycles. The van der Waals surface area contributed by atoms with Gasteiger partial charge in [0.25, 0.3) is 0 Å². The van der Waals surface area contributed by atoms with Crippen LogP contribution in [0.25, 0.3) is 0 Å². The van der Waals surface area contributed by atoms with Crippen molar-refractivity contribution >= 4 is 11.4 Å². The van der Waals surface area contributed by atoms with Gasteiger partial charge < -0.3 is 15.1 Å². The molecule has 0 spiro atoms. The number of benzene rings is 1. The van der Waals surface area contributed by atoms with Gasteiger partial charge in [0.2, 0.25) is 0 Å². The molecule has 2 aliphatic heterocycles. The lowest BCUT2D eigenvalue weighted by Crippen LogP contribution is -2.38. The zero-order chi connectivity index (χ0) is 14.5. The summed E-state index contributed by atoms with van der Waals surface area (Å²) in [5, 5.41) is 3.58. The molecule has 0 aliphatic carbocycles. The molecule has 2 fully saturated rings. The van der Waals surface area contributed by atoms with Gasteiger partial charge in [-0.3, -0.25) is 0 Å². The van der Waals surface area contributed by atoms with E-state index in [9.17, 15) is 0 Å². The SMILES string of the molecule is CC1CCN(c2ccc(N3CCCCC3)cc2)CCCN1. The second kappa shape index (κ2) is 7.17. The third-order valence-electron chi connectivity index (χ3n) is 4.87. The monoisotopic (exact) mass is 287 g/mol. The van der Waals surface area contributed by atoms with Gasteiger partial charge in [-0.1, -0.05) is 0 Å². The van der Waals surface area contributed by atoms with Crippen LogP contribution in [-0.4, -0.2) is 38.8 Å². The third-order valence-corrected chi connectivity index (χ3v) is 4.87. The number of hydrogen-bond acceptors (Lipinski definition) is 3. The molecule has 1 atom stereocenters. The van der Waals surface area contributed by atoms with Crippen molar-refractivity contribution in [3.05, 3.63) is 24.3 Å². The van der Waals surface area contributed by atoms with Crippen molar-refractivity contribution in [2.75, 3.05) is 42.5 Å². The zero-order valence-electron chi connectivity index (χ0n) is 13.4. The summed E-state index contributed by atoms with van der Waals surface area (Å²) < 4.78 is 0. The van der Waals surface area contributed by atoms with Gasteiger partial charge in [-0.15, -0.1) is 0 Å². The standard InChI is InChI=1S/C18H29N3/c1-16-10-15-21(14-5-11-19-16)18-8-6-17(7-9-18)20-12-3-2-4-13-20/h6-9,16,19H,2-5,10-15H2,1H3. The van der Waals surface area contributed by atoms with Crippen molar-refractivity contribution in [1.82, 2.24) is 5.32 Å². The molecule has 2 aliphatic rings. The average Bonchev–Trinajstić information content (AvgIpc) is 2.53. The number of nitrogens with zero attached hydrogens (tertiary/aromatic N) is 2. The third kappa shape index (κ3) is 3.91. The summed E-state index contributed by atoms with van der Waals surface area (Å²) in [7, 11) is 0. The fourth-order valence-corrected chi connectivity index (χ4v) is 3.47. The maximum atomic E-state index is 3.58. The van der Waals surface area contributed by atoms with Crippen LogP contribution in [0.2, 0.25) is 0 Å². The highest BCUT2D eigenvalue weighted by Crippen LogP contribution is 2.24. The Bertz CT molecular complexity index is 423. The summed E-state index contributed by atoms with van der Waals surface area (Å²) in [6.07, 6.45) is 6.55. The van der Waals surface area contributed by atoms with E-state index in [4.69, 9.17) is 0 Å². The Labute approximate surface area is 129 Å². The van der Waals surface area contributed by atoms with E-state index in [-0.39, 0.29) is 0 Å². The van der Waals surface area contributed by atoms with Crippen molar-refractivity contribution in [2.24, 2.45) is 0 Å². The molecule has 21 heavy (non-hydrogen) atoms. The Morgan fingerprint density at radius 1 is 0.810 bits per heavy atom. The molecule has 2 saturated heterocycles. The van der Waals surface area contributed by atoms with E-state index in [1.807, 2.05) is 0 Å². The van der Waals surface area contributed by atoms with Crippen molar-refractivity contribution in [3.8, 4) is 0 Å². The number of hydrogen-bond donors (Lipinski definition) is 1. The van der Waals surface area contributed by atoms with Crippen LogP contribution < -0.4 is 15.1 Å². The Balaban J connectivity index is 1.64. The molecule has 1 aromatic rings. The normalized spacial score (nSPS) is 24.5. The molecule has 116 valence electrons. The number of anilines is 2. The van der Waals surface area contributed by atoms with Crippen molar-refractivity contribution < 1.29 is 0 Å². The molecule has 0 amide bonds. The Morgan fingerprint density at radius 2 is 1.38 bits per heavy atom. The van der Waals surface area contributed by atoms with Crippen molar-refractivity contribution in [3.63, 3.8) is 0 Å². The Morgan fingerprint density at radius 3 is 2.05 bits per heavy atom. The van der Waals surface area contributed by atoms with Gasteiger partial charge >= 0.3 is 0 Å². The molecule has 3 nitrogen and oxygen atoms in total. The fourth-order valence-electron chi connectivity index (χ4n) is 3.47. The quantitative estimate of drug-likeness (QED) is 0.901. The molecular formula is C18H29N3. The van der Waals surface area contributed by atoms with Gasteiger partial charge in [0, 0.05) is 43.6 Å². The minimum Gasteiger partial charge on any atom is -0.372 e. The molecule has 0 bridgehead atoms. The minimum absolute atomic E-state index is 0.639. The second-order valence-electron chi connectivity index (χ2n) is 6.55. The highest BCUT2D eigenvalue weighted by atomic mass is 15.1. The minimum atomic E-state index is 0.639. The first-order valence-corrected chi connectivity index (χ1v) is 8.66. The van der Waals surface area contributed by atoms with E-state index >= 15 is 0 Å². The van der Waals surface area contributed by atoms with E-state index in [0.717, 1.165) is 13.1 Å². The molecule has 3 heteroatoms. The maximum absolute atomic E-state index is 3.58. The van der Waals surface area contributed by atoms with Gasteiger partial charge in [0.15, 0.2) is 0 Å². The maximum Gasteiger partial charge on any atom is 0.0367 e. The van der Waals surface area contributed by atoms with E-state index < -0.39 is 0 Å². The predicted molar refractivity (Wildman–Crippen MR) is 91.4 cm³/mol. The highest BCUT2D eigenvalue weighted by Gasteiger charge is 2.14. The van der Waals surface area contributed by atoms with Crippen LogP contribution in [0.5, 0.6) is 0 Å². The van der Waals surface area contributed by atoms with Crippen LogP contribution in [0, 0.1) is 0 Å². The Kier molecular flexibility index (Phi) is 5.02. The fraction of sp³-hybridized carbons (Fsp3) is 0.667. The summed E-state index contributed by atoms with van der Waals surface area (Å²) in [6.45, 7) is 8.23.